The first-order chi connectivity index (χ1) is 21.7. The van der Waals surface area contributed by atoms with Crippen molar-refractivity contribution in [1.82, 2.24) is 25.4 Å². The molecule has 0 spiro atoms. The zero-order chi connectivity index (χ0) is 33.0. The van der Waals surface area contributed by atoms with Gasteiger partial charge in [-0.25, -0.2) is 9.37 Å². The fraction of sp³-hybridized carbons (Fsp3) is 0.412. The average molecular weight is 632 g/mol. The lowest BCUT2D eigenvalue weighted by Crippen LogP contribution is -2.48. The number of fused-ring (bicyclic) bond motifs is 2. The molecule has 2 aromatic heterocycles. The van der Waals surface area contributed by atoms with Gasteiger partial charge in [0.15, 0.2) is 0 Å². The summed E-state index contributed by atoms with van der Waals surface area (Å²) in [7, 11) is 3.30. The van der Waals surface area contributed by atoms with E-state index in [9.17, 15) is 24.2 Å². The number of hydrogen-bond acceptors (Lipinski definition) is 8. The minimum absolute atomic E-state index is 0.00337. The molecule has 1 fully saturated rings. The zero-order valence-electron chi connectivity index (χ0n) is 26.5. The number of benzene rings is 2. The summed E-state index contributed by atoms with van der Waals surface area (Å²) >= 11 is 0. The minimum atomic E-state index is -1.59. The Kier molecular flexibility index (Phi) is 7.76. The van der Waals surface area contributed by atoms with Crippen molar-refractivity contribution in [3.63, 3.8) is 0 Å². The first kappa shape index (κ1) is 31.4. The van der Waals surface area contributed by atoms with Gasteiger partial charge in [-0.15, -0.1) is 0 Å². The summed E-state index contributed by atoms with van der Waals surface area (Å²) in [6.45, 7) is 4.79. The second-order valence-electron chi connectivity index (χ2n) is 13.2. The molecule has 11 nitrogen and oxygen atoms in total. The molecule has 0 saturated heterocycles. The second kappa shape index (κ2) is 11.4. The smallest absolute Gasteiger partial charge is 0.251 e. The maximum absolute atomic E-state index is 13.9. The van der Waals surface area contributed by atoms with Gasteiger partial charge >= 0.3 is 0 Å². The van der Waals surface area contributed by atoms with Crippen LogP contribution in [0.5, 0.6) is 11.5 Å². The maximum Gasteiger partial charge on any atom is 0.251 e. The number of pyridine rings is 1. The van der Waals surface area contributed by atoms with Gasteiger partial charge in [-0.1, -0.05) is 0 Å². The standard InChI is InChI=1S/C34H38FN5O6/c1-32(2,43)16-37-31(42)33(3)18-46-29-24(33)14-26(38-28(29)19-6-10-23(35)11-7-19)34(44,22-8-9-22)17-36-30(41)20-12-21-15-40(4)39-27(21)25(13-20)45-5/h6-7,10-15,22,43-44H,8-9,16-18H2,1-5H3,(H,36,41)(H,37,42)/t33-,34?/m0/s1. The number of hydrogen-bond donors (Lipinski definition) is 4. The maximum atomic E-state index is 13.9. The third-order valence-electron chi connectivity index (χ3n) is 8.76. The van der Waals surface area contributed by atoms with Gasteiger partial charge in [0.05, 0.1) is 24.9 Å². The van der Waals surface area contributed by atoms with Crippen molar-refractivity contribution in [1.29, 1.82) is 0 Å². The highest BCUT2D eigenvalue weighted by Crippen LogP contribution is 2.50. The van der Waals surface area contributed by atoms with Gasteiger partial charge in [0, 0.05) is 41.9 Å². The van der Waals surface area contributed by atoms with Crippen LogP contribution >= 0.6 is 0 Å². The van der Waals surface area contributed by atoms with E-state index in [-0.39, 0.29) is 37.2 Å². The van der Waals surface area contributed by atoms with E-state index in [2.05, 4.69) is 15.7 Å². The molecule has 0 bridgehead atoms. The first-order valence-corrected chi connectivity index (χ1v) is 15.2. The Bertz CT molecular complexity index is 1830. The van der Waals surface area contributed by atoms with Gasteiger partial charge in [0.2, 0.25) is 5.91 Å². The fourth-order valence-electron chi connectivity index (χ4n) is 5.92. The molecule has 1 saturated carbocycles. The number of aromatic nitrogens is 3. The van der Waals surface area contributed by atoms with Crippen LogP contribution in [-0.4, -0.2) is 69.2 Å². The van der Waals surface area contributed by atoms with Gasteiger partial charge < -0.3 is 30.3 Å². The SMILES string of the molecule is COc1cc(C(=O)NCC(O)(c2cc3c(c(-c4ccc(F)cc4)n2)OC[C@]3(C)C(=O)NCC(C)(C)O)C2CC2)cc2cn(C)nc12. The van der Waals surface area contributed by atoms with E-state index in [0.717, 1.165) is 5.39 Å². The molecule has 242 valence electrons. The Morgan fingerprint density at radius 2 is 1.85 bits per heavy atom. The summed E-state index contributed by atoms with van der Waals surface area (Å²) in [5.41, 5.74) is -1.28. The van der Waals surface area contributed by atoms with Crippen LogP contribution in [0.15, 0.2) is 48.7 Å². The van der Waals surface area contributed by atoms with E-state index in [1.807, 2.05) is 0 Å². The molecule has 2 aromatic carbocycles. The molecule has 6 rings (SSSR count). The molecule has 1 aliphatic heterocycles. The lowest BCUT2D eigenvalue weighted by Gasteiger charge is -2.30. The number of nitrogens with zero attached hydrogens (tertiary/aromatic N) is 3. The number of aliphatic hydroxyl groups is 2. The van der Waals surface area contributed by atoms with Crippen molar-refractivity contribution >= 4 is 22.7 Å². The number of carbonyl (C=O) groups is 2. The van der Waals surface area contributed by atoms with Crippen molar-refractivity contribution in [2.75, 3.05) is 26.8 Å². The van der Waals surface area contributed by atoms with Crippen LogP contribution in [0.3, 0.4) is 0 Å². The lowest BCUT2D eigenvalue weighted by molar-refractivity contribution is -0.127. The van der Waals surface area contributed by atoms with Crippen LogP contribution < -0.4 is 20.1 Å². The summed E-state index contributed by atoms with van der Waals surface area (Å²) in [5, 5.41) is 33.4. The van der Waals surface area contributed by atoms with E-state index < -0.39 is 28.3 Å². The number of aryl methyl sites for hydroxylation is 1. The molecular weight excluding hydrogens is 593 g/mol. The second-order valence-corrected chi connectivity index (χ2v) is 13.2. The summed E-state index contributed by atoms with van der Waals surface area (Å²) in [6.07, 6.45) is 3.22. The van der Waals surface area contributed by atoms with Crippen LogP contribution in [-0.2, 0) is 22.9 Å². The Morgan fingerprint density at radius 3 is 2.50 bits per heavy atom. The van der Waals surface area contributed by atoms with E-state index in [1.54, 1.807) is 69.0 Å². The fourth-order valence-corrected chi connectivity index (χ4v) is 5.92. The summed E-state index contributed by atoms with van der Waals surface area (Å²) in [5.74, 6) is -0.595. The molecular formula is C34H38FN5O6. The van der Waals surface area contributed by atoms with Gasteiger partial charge in [-0.3, -0.25) is 14.3 Å². The van der Waals surface area contributed by atoms with Gasteiger partial charge in [0.25, 0.3) is 5.91 Å². The Hall–Kier alpha value is -4.55. The molecule has 2 aliphatic rings. The monoisotopic (exact) mass is 631 g/mol. The van der Waals surface area contributed by atoms with E-state index >= 15 is 0 Å². The van der Waals surface area contributed by atoms with Crippen molar-refractivity contribution in [3.05, 3.63) is 71.3 Å². The molecule has 4 aromatic rings. The van der Waals surface area contributed by atoms with Gasteiger partial charge in [0.1, 0.15) is 46.1 Å². The third kappa shape index (κ3) is 5.78. The van der Waals surface area contributed by atoms with Crippen LogP contribution in [0.2, 0.25) is 0 Å². The number of nitrogens with one attached hydrogen (secondary N) is 2. The largest absolute Gasteiger partial charge is 0.494 e. The van der Waals surface area contributed by atoms with Crippen molar-refractivity contribution in [2.45, 2.75) is 50.2 Å². The van der Waals surface area contributed by atoms with Crippen molar-refractivity contribution in [2.24, 2.45) is 13.0 Å². The first-order valence-electron chi connectivity index (χ1n) is 15.2. The van der Waals surface area contributed by atoms with Crippen molar-refractivity contribution < 1.29 is 33.7 Å². The Morgan fingerprint density at radius 1 is 1.13 bits per heavy atom. The van der Waals surface area contributed by atoms with Crippen LogP contribution in [0, 0.1) is 11.7 Å². The van der Waals surface area contributed by atoms with E-state index in [4.69, 9.17) is 14.5 Å². The lowest BCUT2D eigenvalue weighted by atomic mass is 9.80. The number of ether oxygens (including phenoxy) is 2. The average Bonchev–Trinajstić information content (AvgIpc) is 3.73. The predicted molar refractivity (Wildman–Crippen MR) is 168 cm³/mol. The molecule has 4 N–H and O–H groups in total. The summed E-state index contributed by atoms with van der Waals surface area (Å²) < 4.78 is 27.1. The summed E-state index contributed by atoms with van der Waals surface area (Å²) in [6, 6.07) is 10.7. The molecule has 1 unspecified atom stereocenters. The highest BCUT2D eigenvalue weighted by molar-refractivity contribution is 6.00. The topological polar surface area (TPSA) is 148 Å². The number of amides is 2. The normalized spacial score (nSPS) is 18.9. The predicted octanol–water partition coefficient (Wildman–Crippen LogP) is 3.35. The quantitative estimate of drug-likeness (QED) is 0.208. The highest BCUT2D eigenvalue weighted by atomic mass is 19.1. The van der Waals surface area contributed by atoms with Crippen LogP contribution in [0.1, 0.15) is 55.2 Å². The van der Waals surface area contributed by atoms with Gasteiger partial charge in [-0.05, 0) is 82.0 Å². The zero-order valence-corrected chi connectivity index (χ0v) is 26.5. The van der Waals surface area contributed by atoms with Crippen LogP contribution in [0.4, 0.5) is 4.39 Å². The number of halogens is 1. The molecule has 3 heterocycles. The minimum Gasteiger partial charge on any atom is -0.494 e. The molecule has 2 amide bonds. The molecule has 2 atom stereocenters. The van der Waals surface area contributed by atoms with Crippen LogP contribution in [0.25, 0.3) is 22.2 Å². The number of carbonyl (C=O) groups excluding carboxylic acids is 2. The van der Waals surface area contributed by atoms with E-state index in [0.29, 0.717) is 52.2 Å². The van der Waals surface area contributed by atoms with Crippen molar-refractivity contribution in [3.8, 4) is 22.8 Å². The molecule has 46 heavy (non-hydrogen) atoms. The summed E-state index contributed by atoms with van der Waals surface area (Å²) in [4.78, 5) is 31.9. The Balaban J connectivity index is 1.38. The number of rotatable bonds is 10. The number of methoxy groups -OCH3 is 1. The highest BCUT2D eigenvalue weighted by Gasteiger charge is 2.50. The third-order valence-corrected chi connectivity index (χ3v) is 8.76. The molecule has 1 aliphatic carbocycles. The molecule has 12 heteroatoms. The molecule has 0 radical (unpaired) electrons. The van der Waals surface area contributed by atoms with Gasteiger partial charge in [-0.2, -0.15) is 5.10 Å². The van der Waals surface area contributed by atoms with E-state index in [1.165, 1.54) is 19.2 Å². The Labute approximate surface area is 265 Å².